The van der Waals surface area contributed by atoms with E-state index in [4.69, 9.17) is 0 Å². The fourth-order valence-corrected chi connectivity index (χ4v) is 2.73. The number of benzene rings is 1. The summed E-state index contributed by atoms with van der Waals surface area (Å²) < 4.78 is 26.8. The average Bonchev–Trinajstić information content (AvgIpc) is 2.87. The summed E-state index contributed by atoms with van der Waals surface area (Å²) in [6.45, 7) is 2.87. The summed E-state index contributed by atoms with van der Waals surface area (Å²) in [7, 11) is 0. The van der Waals surface area contributed by atoms with Crippen LogP contribution < -0.4 is 5.32 Å². The lowest BCUT2D eigenvalue weighted by Crippen LogP contribution is -2.46. The first-order valence-electron chi connectivity index (χ1n) is 6.55. The van der Waals surface area contributed by atoms with Crippen molar-refractivity contribution >= 4 is 35.7 Å². The summed E-state index contributed by atoms with van der Waals surface area (Å²) in [5, 5.41) is 4.25. The largest absolute Gasteiger partial charge is 0.361 e. The van der Waals surface area contributed by atoms with Crippen LogP contribution in [0.1, 0.15) is 11.6 Å². The summed E-state index contributed by atoms with van der Waals surface area (Å²) in [5.74, 6) is 0. The van der Waals surface area contributed by atoms with Crippen molar-refractivity contribution in [2.75, 3.05) is 26.2 Å². The van der Waals surface area contributed by atoms with Gasteiger partial charge in [0.15, 0.2) is 0 Å². The van der Waals surface area contributed by atoms with Gasteiger partial charge in [0.05, 0.1) is 6.04 Å². The van der Waals surface area contributed by atoms with Crippen LogP contribution in [0.15, 0.2) is 30.5 Å². The normalized spacial score (nSPS) is 17.3. The molecule has 21 heavy (non-hydrogen) atoms. The number of H-pyrrole nitrogens is 1. The van der Waals surface area contributed by atoms with E-state index in [1.54, 1.807) is 0 Å². The molecule has 1 atom stereocenters. The Hall–Kier alpha value is -0.880. The minimum atomic E-state index is -2.37. The van der Waals surface area contributed by atoms with Crippen molar-refractivity contribution in [2.24, 2.45) is 0 Å². The van der Waals surface area contributed by atoms with Gasteiger partial charge in [0.25, 0.3) is 6.43 Å². The fraction of sp³-hybridized carbons (Fsp3) is 0.429. The van der Waals surface area contributed by atoms with Crippen LogP contribution in [0.4, 0.5) is 8.78 Å². The van der Waals surface area contributed by atoms with Crippen LogP contribution in [0.2, 0.25) is 0 Å². The van der Waals surface area contributed by atoms with Crippen LogP contribution >= 0.6 is 24.8 Å². The lowest BCUT2D eigenvalue weighted by Gasteiger charge is -2.34. The van der Waals surface area contributed by atoms with E-state index >= 15 is 0 Å². The van der Waals surface area contributed by atoms with E-state index in [1.807, 2.05) is 35.4 Å². The lowest BCUT2D eigenvalue weighted by molar-refractivity contribution is 0.0182. The molecule has 3 nitrogen and oxygen atoms in total. The van der Waals surface area contributed by atoms with E-state index in [9.17, 15) is 8.78 Å². The number of hydrogen-bond acceptors (Lipinski definition) is 2. The quantitative estimate of drug-likeness (QED) is 0.900. The Balaban J connectivity index is 0.00000110. The van der Waals surface area contributed by atoms with E-state index in [0.717, 1.165) is 24.0 Å². The number of fused-ring (bicyclic) bond motifs is 1. The number of nitrogens with one attached hydrogen (secondary N) is 2. The van der Waals surface area contributed by atoms with Gasteiger partial charge in [-0.05, 0) is 23.1 Å². The summed E-state index contributed by atoms with van der Waals surface area (Å²) in [4.78, 5) is 4.95. The molecular weight excluding hydrogens is 319 g/mol. The predicted octanol–water partition coefficient (Wildman–Crippen LogP) is 3.22. The first kappa shape index (κ1) is 18.2. The molecule has 2 heterocycles. The highest BCUT2D eigenvalue weighted by molar-refractivity contribution is 5.85. The van der Waals surface area contributed by atoms with Crippen LogP contribution in [-0.2, 0) is 0 Å². The molecule has 118 valence electrons. The van der Waals surface area contributed by atoms with Gasteiger partial charge >= 0.3 is 0 Å². The Morgan fingerprint density at radius 2 is 1.76 bits per heavy atom. The third kappa shape index (κ3) is 3.86. The maximum absolute atomic E-state index is 13.4. The molecule has 1 aromatic heterocycles. The maximum atomic E-state index is 13.4. The van der Waals surface area contributed by atoms with Crippen LogP contribution in [0.25, 0.3) is 10.9 Å². The van der Waals surface area contributed by atoms with Crippen molar-refractivity contribution in [3.63, 3.8) is 0 Å². The number of halogens is 4. The van der Waals surface area contributed by atoms with Gasteiger partial charge in [-0.25, -0.2) is 8.78 Å². The van der Waals surface area contributed by atoms with Crippen LogP contribution in [-0.4, -0.2) is 42.5 Å². The Bertz CT molecular complexity index is 556. The van der Waals surface area contributed by atoms with Gasteiger partial charge in [-0.3, -0.25) is 4.90 Å². The molecule has 0 amide bonds. The standard InChI is InChI=1S/C14H17F2N3.2ClH/c15-14(16)13(19-7-5-17-6-8-19)11-2-1-10-3-4-18-12(10)9-11;;/h1-4,9,13-14,17-18H,5-8H2;2*1H/t13-;;/m1../s1. The number of piperazine rings is 1. The van der Waals surface area contributed by atoms with Gasteiger partial charge in [-0.1, -0.05) is 12.1 Å². The fourth-order valence-electron chi connectivity index (χ4n) is 2.73. The Morgan fingerprint density at radius 1 is 1.05 bits per heavy atom. The highest BCUT2D eigenvalue weighted by Gasteiger charge is 2.30. The molecule has 0 bridgehead atoms. The Kier molecular flexibility index (Phi) is 6.87. The molecule has 0 aliphatic carbocycles. The molecular formula is C14H19Cl2F2N3. The van der Waals surface area contributed by atoms with Gasteiger partial charge < -0.3 is 10.3 Å². The molecule has 2 N–H and O–H groups in total. The lowest BCUT2D eigenvalue weighted by atomic mass is 10.0. The molecule has 2 aromatic rings. The van der Waals surface area contributed by atoms with Crippen molar-refractivity contribution < 1.29 is 8.78 Å². The second-order valence-corrected chi connectivity index (χ2v) is 4.89. The second kappa shape index (κ2) is 7.94. The van der Waals surface area contributed by atoms with Crippen molar-refractivity contribution in [2.45, 2.75) is 12.5 Å². The summed E-state index contributed by atoms with van der Waals surface area (Å²) in [6, 6.07) is 6.69. The SMILES string of the molecule is Cl.Cl.FC(F)[C@@H](c1ccc2cc[nH]c2c1)N1CCNCC1. The van der Waals surface area contributed by atoms with Crippen LogP contribution in [0.3, 0.4) is 0 Å². The predicted molar refractivity (Wildman–Crippen MR) is 86.0 cm³/mol. The van der Waals surface area contributed by atoms with E-state index in [2.05, 4.69) is 10.3 Å². The van der Waals surface area contributed by atoms with Crippen molar-refractivity contribution in [1.82, 2.24) is 15.2 Å². The third-order valence-electron chi connectivity index (χ3n) is 3.70. The first-order valence-corrected chi connectivity index (χ1v) is 6.55. The number of nitrogens with zero attached hydrogens (tertiary/aromatic N) is 1. The maximum Gasteiger partial charge on any atom is 0.258 e. The number of rotatable bonds is 3. The van der Waals surface area contributed by atoms with Gasteiger partial charge in [0.2, 0.25) is 0 Å². The van der Waals surface area contributed by atoms with Gasteiger partial charge in [-0.2, -0.15) is 0 Å². The average molecular weight is 338 g/mol. The monoisotopic (exact) mass is 337 g/mol. The molecule has 0 unspecified atom stereocenters. The molecule has 7 heteroatoms. The zero-order valence-electron chi connectivity index (χ0n) is 11.4. The van der Waals surface area contributed by atoms with E-state index in [0.29, 0.717) is 18.7 Å². The Labute approximate surface area is 134 Å². The van der Waals surface area contributed by atoms with Gasteiger partial charge in [-0.15, -0.1) is 24.8 Å². The zero-order valence-corrected chi connectivity index (χ0v) is 13.0. The highest BCUT2D eigenvalue weighted by atomic mass is 35.5. The van der Waals surface area contributed by atoms with Crippen molar-refractivity contribution in [3.8, 4) is 0 Å². The first-order chi connectivity index (χ1) is 9.25. The second-order valence-electron chi connectivity index (χ2n) is 4.89. The van der Waals surface area contributed by atoms with Crippen molar-refractivity contribution in [1.29, 1.82) is 0 Å². The number of alkyl halides is 2. The number of aromatic amines is 1. The molecule has 1 fully saturated rings. The molecule has 1 saturated heterocycles. The molecule has 1 aliphatic heterocycles. The topological polar surface area (TPSA) is 31.1 Å². The summed E-state index contributed by atoms with van der Waals surface area (Å²) in [5.41, 5.74) is 1.60. The summed E-state index contributed by atoms with van der Waals surface area (Å²) in [6.07, 6.45) is -0.540. The molecule has 3 rings (SSSR count). The summed E-state index contributed by atoms with van der Waals surface area (Å²) >= 11 is 0. The van der Waals surface area contributed by atoms with Gasteiger partial charge in [0, 0.05) is 37.9 Å². The van der Waals surface area contributed by atoms with Crippen LogP contribution in [0, 0.1) is 0 Å². The minimum Gasteiger partial charge on any atom is -0.361 e. The Morgan fingerprint density at radius 3 is 2.43 bits per heavy atom. The molecule has 1 aliphatic rings. The third-order valence-corrected chi connectivity index (χ3v) is 3.70. The zero-order chi connectivity index (χ0) is 13.2. The van der Waals surface area contributed by atoms with Crippen LogP contribution in [0.5, 0.6) is 0 Å². The minimum absolute atomic E-state index is 0. The van der Waals surface area contributed by atoms with E-state index in [1.165, 1.54) is 0 Å². The van der Waals surface area contributed by atoms with Crippen molar-refractivity contribution in [3.05, 3.63) is 36.0 Å². The molecule has 0 spiro atoms. The number of hydrogen-bond donors (Lipinski definition) is 2. The molecule has 1 aromatic carbocycles. The van der Waals surface area contributed by atoms with Gasteiger partial charge in [0.1, 0.15) is 0 Å². The molecule has 0 radical (unpaired) electrons. The molecule has 0 saturated carbocycles. The highest BCUT2D eigenvalue weighted by Crippen LogP contribution is 2.29. The van der Waals surface area contributed by atoms with E-state index < -0.39 is 12.5 Å². The number of aromatic nitrogens is 1. The smallest absolute Gasteiger partial charge is 0.258 e. The van der Waals surface area contributed by atoms with E-state index in [-0.39, 0.29) is 24.8 Å².